The fourth-order valence-corrected chi connectivity index (χ4v) is 3.57. The minimum atomic E-state index is 0.106. The monoisotopic (exact) mass is 248 g/mol. The molecule has 0 fully saturated rings. The summed E-state index contributed by atoms with van der Waals surface area (Å²) < 4.78 is 14.6. The van der Waals surface area contributed by atoms with Crippen LogP contribution in [0.4, 0.5) is 4.39 Å². The molecule has 18 heavy (non-hydrogen) atoms. The van der Waals surface area contributed by atoms with Gasteiger partial charge in [-0.1, -0.05) is 34.6 Å². The topological polar surface area (TPSA) is 0 Å². The van der Waals surface area contributed by atoms with E-state index >= 15 is 0 Å². The van der Waals surface area contributed by atoms with Crippen molar-refractivity contribution < 1.29 is 4.39 Å². The van der Waals surface area contributed by atoms with Gasteiger partial charge in [0, 0.05) is 0 Å². The normalized spacial score (nSPS) is 15.0. The molecule has 0 aromatic heterocycles. The Morgan fingerprint density at radius 3 is 2.00 bits per heavy atom. The van der Waals surface area contributed by atoms with Crippen molar-refractivity contribution in [2.75, 3.05) is 0 Å². The molecule has 1 aromatic rings. The van der Waals surface area contributed by atoms with Crippen LogP contribution in [0.2, 0.25) is 0 Å². The number of rotatable bonds is 2. The van der Waals surface area contributed by atoms with E-state index in [1.165, 1.54) is 16.7 Å². The molecule has 0 radical (unpaired) electrons. The summed E-state index contributed by atoms with van der Waals surface area (Å²) >= 11 is 0. The Morgan fingerprint density at radius 1 is 0.944 bits per heavy atom. The van der Waals surface area contributed by atoms with E-state index in [4.69, 9.17) is 0 Å². The molecule has 0 heterocycles. The minimum absolute atomic E-state index is 0.106. The highest BCUT2D eigenvalue weighted by atomic mass is 19.1. The smallest absolute Gasteiger partial charge is 0.130 e. The van der Waals surface area contributed by atoms with Crippen LogP contribution in [-0.4, -0.2) is 0 Å². The van der Waals surface area contributed by atoms with Crippen molar-refractivity contribution in [3.05, 3.63) is 33.6 Å². The third-order valence-electron chi connectivity index (χ3n) is 4.17. The van der Waals surface area contributed by atoms with Crippen molar-refractivity contribution in [2.24, 2.45) is 0 Å². The van der Waals surface area contributed by atoms with Crippen molar-refractivity contribution in [1.29, 1.82) is 0 Å². The van der Waals surface area contributed by atoms with Gasteiger partial charge in [0.05, 0.1) is 0 Å². The van der Waals surface area contributed by atoms with Crippen LogP contribution in [0.1, 0.15) is 68.9 Å². The summed E-state index contributed by atoms with van der Waals surface area (Å²) in [7, 11) is 0. The molecule has 0 N–H and O–H groups in total. The second-order valence-corrected chi connectivity index (χ2v) is 6.41. The van der Waals surface area contributed by atoms with Gasteiger partial charge in [-0.3, -0.25) is 0 Å². The Bertz CT molecular complexity index is 464. The second kappa shape index (κ2) is 4.68. The predicted molar refractivity (Wildman–Crippen MR) is 75.9 cm³/mol. The molecule has 0 saturated heterocycles. The summed E-state index contributed by atoms with van der Waals surface area (Å²) in [6.07, 6.45) is 4.87. The lowest BCUT2D eigenvalue weighted by molar-refractivity contribution is 0.558. The van der Waals surface area contributed by atoms with Crippen LogP contribution in [0.3, 0.4) is 0 Å². The summed E-state index contributed by atoms with van der Waals surface area (Å²) in [6.45, 7) is 11.0. The first-order chi connectivity index (χ1) is 8.41. The summed E-state index contributed by atoms with van der Waals surface area (Å²) in [4.78, 5) is 0. The molecule has 0 aliphatic heterocycles. The van der Waals surface area contributed by atoms with Gasteiger partial charge in [0.15, 0.2) is 0 Å². The van der Waals surface area contributed by atoms with Crippen molar-refractivity contribution in [3.63, 3.8) is 0 Å². The van der Waals surface area contributed by atoms with Gasteiger partial charge in [-0.15, -0.1) is 0 Å². The highest BCUT2D eigenvalue weighted by Crippen LogP contribution is 2.40. The first kappa shape index (κ1) is 13.6. The Balaban J connectivity index is 2.82. The zero-order valence-corrected chi connectivity index (χ0v) is 12.4. The minimum Gasteiger partial charge on any atom is -0.206 e. The molecule has 0 bridgehead atoms. The molecule has 0 amide bonds. The highest BCUT2D eigenvalue weighted by molar-refractivity contribution is 5.52. The maximum absolute atomic E-state index is 14.6. The predicted octanol–water partition coefficient (Wildman–Crippen LogP) is 4.74. The summed E-state index contributed by atoms with van der Waals surface area (Å²) in [5.41, 5.74) is 6.17. The fraction of sp³-hybridized carbons (Fsp3) is 0.647. The molecule has 0 unspecified atom stereocenters. The van der Waals surface area contributed by atoms with Crippen LogP contribution >= 0.6 is 0 Å². The SMILES string of the molecule is CCc1c(F)c2c(c(C(C)(C)C)c1CC)CCC2. The van der Waals surface area contributed by atoms with E-state index in [1.54, 1.807) is 0 Å². The fourth-order valence-electron chi connectivity index (χ4n) is 3.57. The molecule has 1 aromatic carbocycles. The standard InChI is InChI=1S/C17H25F/c1-6-11-12(7-2)16(18)14-10-8-9-13(14)15(11)17(3,4)5/h6-10H2,1-5H3. The lowest BCUT2D eigenvalue weighted by atomic mass is 9.76. The van der Waals surface area contributed by atoms with Crippen LogP contribution in [0.25, 0.3) is 0 Å². The average Bonchev–Trinajstić information content (AvgIpc) is 2.75. The largest absolute Gasteiger partial charge is 0.206 e. The lowest BCUT2D eigenvalue weighted by Crippen LogP contribution is -2.20. The van der Waals surface area contributed by atoms with Gasteiger partial charge in [0.2, 0.25) is 0 Å². The molecule has 1 aliphatic rings. The first-order valence-corrected chi connectivity index (χ1v) is 7.27. The number of fused-ring (bicyclic) bond motifs is 1. The summed E-state index contributed by atoms with van der Waals surface area (Å²) in [5, 5.41) is 0. The van der Waals surface area contributed by atoms with Crippen LogP contribution in [0.5, 0.6) is 0 Å². The van der Waals surface area contributed by atoms with Gasteiger partial charge in [-0.05, 0) is 65.3 Å². The quantitative estimate of drug-likeness (QED) is 0.709. The highest BCUT2D eigenvalue weighted by Gasteiger charge is 2.30. The Morgan fingerprint density at radius 2 is 1.50 bits per heavy atom. The number of benzene rings is 1. The Labute approximate surface area is 111 Å². The zero-order chi connectivity index (χ0) is 13.5. The zero-order valence-electron chi connectivity index (χ0n) is 12.4. The van der Waals surface area contributed by atoms with E-state index in [0.717, 1.165) is 43.2 Å². The molecule has 1 aliphatic carbocycles. The maximum Gasteiger partial charge on any atom is 0.130 e. The van der Waals surface area contributed by atoms with Crippen LogP contribution < -0.4 is 0 Å². The van der Waals surface area contributed by atoms with Gasteiger partial charge in [-0.25, -0.2) is 4.39 Å². The molecular weight excluding hydrogens is 223 g/mol. The molecule has 0 atom stereocenters. The molecule has 0 saturated carbocycles. The van der Waals surface area contributed by atoms with E-state index < -0.39 is 0 Å². The van der Waals surface area contributed by atoms with Gasteiger partial charge in [0.25, 0.3) is 0 Å². The molecule has 0 spiro atoms. The third-order valence-corrected chi connectivity index (χ3v) is 4.17. The van der Waals surface area contributed by atoms with Gasteiger partial charge < -0.3 is 0 Å². The molecule has 1 heteroatoms. The Hall–Kier alpha value is -0.850. The van der Waals surface area contributed by atoms with E-state index in [2.05, 4.69) is 34.6 Å². The van der Waals surface area contributed by atoms with Crippen molar-refractivity contribution in [3.8, 4) is 0 Å². The molecule has 2 rings (SSSR count). The summed E-state index contributed by atoms with van der Waals surface area (Å²) in [5.74, 6) is 0.106. The second-order valence-electron chi connectivity index (χ2n) is 6.41. The van der Waals surface area contributed by atoms with E-state index in [0.29, 0.717) is 0 Å². The van der Waals surface area contributed by atoms with E-state index in [1.807, 2.05) is 0 Å². The van der Waals surface area contributed by atoms with Crippen molar-refractivity contribution in [2.45, 2.75) is 72.1 Å². The van der Waals surface area contributed by atoms with Crippen molar-refractivity contribution in [1.82, 2.24) is 0 Å². The maximum atomic E-state index is 14.6. The van der Waals surface area contributed by atoms with E-state index in [9.17, 15) is 4.39 Å². The lowest BCUT2D eigenvalue weighted by Gasteiger charge is -2.29. The van der Waals surface area contributed by atoms with Gasteiger partial charge >= 0.3 is 0 Å². The van der Waals surface area contributed by atoms with Crippen LogP contribution in [0, 0.1) is 5.82 Å². The average molecular weight is 248 g/mol. The summed E-state index contributed by atoms with van der Waals surface area (Å²) in [6, 6.07) is 0. The first-order valence-electron chi connectivity index (χ1n) is 7.27. The molecule has 0 nitrogen and oxygen atoms in total. The van der Waals surface area contributed by atoms with Gasteiger partial charge in [0.1, 0.15) is 5.82 Å². The molecular formula is C17H25F. The third kappa shape index (κ3) is 1.98. The Kier molecular flexibility index (Phi) is 3.53. The number of hydrogen-bond acceptors (Lipinski definition) is 0. The van der Waals surface area contributed by atoms with Crippen LogP contribution in [0.15, 0.2) is 0 Å². The van der Waals surface area contributed by atoms with Crippen LogP contribution in [-0.2, 0) is 31.1 Å². The van der Waals surface area contributed by atoms with Gasteiger partial charge in [-0.2, -0.15) is 0 Å². The van der Waals surface area contributed by atoms with E-state index in [-0.39, 0.29) is 11.2 Å². The van der Waals surface area contributed by atoms with Crippen molar-refractivity contribution >= 4 is 0 Å². The molecule has 100 valence electrons. The number of halogens is 1. The number of hydrogen-bond donors (Lipinski definition) is 0.